The molecule has 0 aliphatic carbocycles. The van der Waals surface area contributed by atoms with Crippen LogP contribution in [0.2, 0.25) is 0 Å². The second-order valence-corrected chi connectivity index (χ2v) is 3.53. The van der Waals surface area contributed by atoms with E-state index in [9.17, 15) is 0 Å². The van der Waals surface area contributed by atoms with Crippen LogP contribution in [-0.4, -0.2) is 25.5 Å². The third-order valence-electron chi connectivity index (χ3n) is 1.52. The maximum absolute atomic E-state index is 9.06. The summed E-state index contributed by atoms with van der Waals surface area (Å²) < 4.78 is 0. The largest absolute Gasteiger partial charge is 0.370 e. The molecule has 6 nitrogen and oxygen atoms in total. The number of benzene rings is 1. The fourth-order valence-corrected chi connectivity index (χ4v) is 0.986. The van der Waals surface area contributed by atoms with Crippen molar-refractivity contribution in [3.05, 3.63) is 35.9 Å². The molecule has 1 amide bonds. The standard InChI is InChI=1S/C9H13N.C2H5NO.CH5N3/c1-8(10)7-9-5-3-2-4-6-9;1-3-2-4;2-1(3)4/h2-6,8H,7,10H2,1H3;2H,1H3,(H,3,4);(H5,2,3,4). The zero-order valence-electron chi connectivity index (χ0n) is 10.9. The molecule has 8 N–H and O–H groups in total. The fourth-order valence-electron chi connectivity index (χ4n) is 0.986. The summed E-state index contributed by atoms with van der Waals surface area (Å²) in [5, 5.41) is 8.31. The molecule has 0 saturated heterocycles. The van der Waals surface area contributed by atoms with Crippen molar-refractivity contribution in [2.75, 3.05) is 7.05 Å². The van der Waals surface area contributed by atoms with Gasteiger partial charge in [0.05, 0.1) is 0 Å². The fraction of sp³-hybridized carbons (Fsp3) is 0.333. The normalized spacial score (nSPS) is 9.72. The molecule has 0 bridgehead atoms. The van der Waals surface area contributed by atoms with Gasteiger partial charge in [0.2, 0.25) is 6.41 Å². The average Bonchev–Trinajstić information content (AvgIpc) is 2.29. The van der Waals surface area contributed by atoms with Gasteiger partial charge < -0.3 is 22.5 Å². The molecule has 1 rings (SSSR count). The maximum atomic E-state index is 9.06. The molecule has 1 unspecified atom stereocenters. The van der Waals surface area contributed by atoms with E-state index in [1.54, 1.807) is 7.05 Å². The first kappa shape index (κ1) is 18.3. The molecule has 0 spiro atoms. The first-order valence-electron chi connectivity index (χ1n) is 5.43. The van der Waals surface area contributed by atoms with Gasteiger partial charge in [0.15, 0.2) is 5.96 Å². The molecule has 18 heavy (non-hydrogen) atoms. The van der Waals surface area contributed by atoms with Gasteiger partial charge in [0.25, 0.3) is 0 Å². The summed E-state index contributed by atoms with van der Waals surface area (Å²) in [6, 6.07) is 10.6. The molecule has 1 aromatic rings. The topological polar surface area (TPSA) is 131 Å². The molecule has 1 aromatic carbocycles. The van der Waals surface area contributed by atoms with Crippen molar-refractivity contribution in [1.82, 2.24) is 5.32 Å². The number of rotatable bonds is 3. The molecular formula is C12H23N5O. The van der Waals surface area contributed by atoms with Gasteiger partial charge in [-0.15, -0.1) is 0 Å². The van der Waals surface area contributed by atoms with Crippen molar-refractivity contribution in [1.29, 1.82) is 5.41 Å². The predicted molar refractivity (Wildman–Crippen MR) is 75.0 cm³/mol. The van der Waals surface area contributed by atoms with Crippen LogP contribution in [0.3, 0.4) is 0 Å². The maximum Gasteiger partial charge on any atom is 0.206 e. The number of carbonyl (C=O) groups is 1. The van der Waals surface area contributed by atoms with Gasteiger partial charge in [-0.3, -0.25) is 10.2 Å². The van der Waals surface area contributed by atoms with Gasteiger partial charge in [-0.25, -0.2) is 0 Å². The third-order valence-corrected chi connectivity index (χ3v) is 1.52. The van der Waals surface area contributed by atoms with Crippen LogP contribution in [0.4, 0.5) is 0 Å². The van der Waals surface area contributed by atoms with E-state index in [4.69, 9.17) is 15.9 Å². The Hall–Kier alpha value is -2.08. The molecular weight excluding hydrogens is 230 g/mol. The zero-order chi connectivity index (χ0) is 14.4. The summed E-state index contributed by atoms with van der Waals surface area (Å²) in [4.78, 5) is 9.06. The van der Waals surface area contributed by atoms with Crippen molar-refractivity contribution in [2.45, 2.75) is 19.4 Å². The first-order chi connectivity index (χ1) is 8.43. The Kier molecular flexibility index (Phi) is 13.2. The van der Waals surface area contributed by atoms with Gasteiger partial charge in [-0.1, -0.05) is 30.3 Å². The summed E-state index contributed by atoms with van der Waals surface area (Å²) in [6.07, 6.45) is 1.60. The number of amides is 1. The lowest BCUT2D eigenvalue weighted by molar-refractivity contribution is -0.109. The Bertz CT molecular complexity index is 310. The molecule has 0 fully saturated rings. The minimum Gasteiger partial charge on any atom is -0.370 e. The van der Waals surface area contributed by atoms with Crippen molar-refractivity contribution in [3.8, 4) is 0 Å². The second-order valence-electron chi connectivity index (χ2n) is 3.53. The van der Waals surface area contributed by atoms with Gasteiger partial charge >= 0.3 is 0 Å². The van der Waals surface area contributed by atoms with Crippen molar-refractivity contribution < 1.29 is 4.79 Å². The predicted octanol–water partition coefficient (Wildman–Crippen LogP) is -0.223. The third kappa shape index (κ3) is 19.5. The van der Waals surface area contributed by atoms with Crippen molar-refractivity contribution in [2.24, 2.45) is 17.2 Å². The highest BCUT2D eigenvalue weighted by Gasteiger charge is 1.94. The van der Waals surface area contributed by atoms with E-state index in [0.29, 0.717) is 6.41 Å². The molecule has 0 saturated carbocycles. The monoisotopic (exact) mass is 253 g/mol. The number of carbonyl (C=O) groups excluding carboxylic acids is 1. The molecule has 0 aliphatic rings. The number of hydrogen-bond acceptors (Lipinski definition) is 3. The smallest absolute Gasteiger partial charge is 0.206 e. The van der Waals surface area contributed by atoms with Crippen molar-refractivity contribution in [3.63, 3.8) is 0 Å². The van der Waals surface area contributed by atoms with E-state index in [1.165, 1.54) is 5.56 Å². The first-order valence-corrected chi connectivity index (χ1v) is 5.43. The van der Waals surface area contributed by atoms with Crippen LogP contribution in [0.15, 0.2) is 30.3 Å². The molecule has 0 radical (unpaired) electrons. The summed E-state index contributed by atoms with van der Waals surface area (Å²) in [5.41, 5.74) is 15.9. The van der Waals surface area contributed by atoms with E-state index in [0.717, 1.165) is 6.42 Å². The number of nitrogens with one attached hydrogen (secondary N) is 2. The Morgan fingerprint density at radius 3 is 2.06 bits per heavy atom. The van der Waals surface area contributed by atoms with Gasteiger partial charge in [-0.05, 0) is 18.9 Å². The van der Waals surface area contributed by atoms with E-state index in [2.05, 4.69) is 28.9 Å². The Balaban J connectivity index is 0. The molecule has 0 heterocycles. The van der Waals surface area contributed by atoms with Gasteiger partial charge in [0.1, 0.15) is 0 Å². The number of nitrogens with two attached hydrogens (primary N) is 3. The van der Waals surface area contributed by atoms with Gasteiger partial charge in [-0.2, -0.15) is 0 Å². The van der Waals surface area contributed by atoms with Crippen LogP contribution in [0.25, 0.3) is 0 Å². The molecule has 0 aliphatic heterocycles. The number of hydrogen-bond donors (Lipinski definition) is 5. The highest BCUT2D eigenvalue weighted by atomic mass is 16.1. The van der Waals surface area contributed by atoms with Crippen LogP contribution in [-0.2, 0) is 11.2 Å². The summed E-state index contributed by atoms with van der Waals surface area (Å²) in [6.45, 7) is 2.02. The summed E-state index contributed by atoms with van der Waals surface area (Å²) in [7, 11) is 1.56. The van der Waals surface area contributed by atoms with Gasteiger partial charge in [0, 0.05) is 13.1 Å². The molecule has 102 valence electrons. The second kappa shape index (κ2) is 13.0. The van der Waals surface area contributed by atoms with Crippen LogP contribution in [0.1, 0.15) is 12.5 Å². The number of guanidine groups is 1. The average molecular weight is 253 g/mol. The van der Waals surface area contributed by atoms with Crippen LogP contribution < -0.4 is 22.5 Å². The highest BCUT2D eigenvalue weighted by Crippen LogP contribution is 2.00. The Labute approximate surface area is 108 Å². The minimum atomic E-state index is -0.333. The SMILES string of the molecule is CC(N)Cc1ccccc1.CNC=O.N=C(N)N. The van der Waals surface area contributed by atoms with E-state index < -0.39 is 0 Å². The van der Waals surface area contributed by atoms with Crippen LogP contribution in [0, 0.1) is 5.41 Å². The summed E-state index contributed by atoms with van der Waals surface area (Å²) in [5.74, 6) is -0.333. The zero-order valence-corrected chi connectivity index (χ0v) is 10.9. The summed E-state index contributed by atoms with van der Waals surface area (Å²) >= 11 is 0. The quantitative estimate of drug-likeness (QED) is 0.289. The minimum absolute atomic E-state index is 0.266. The molecule has 6 heteroatoms. The van der Waals surface area contributed by atoms with E-state index in [-0.39, 0.29) is 12.0 Å². The molecule has 0 aromatic heterocycles. The highest BCUT2D eigenvalue weighted by molar-refractivity contribution is 5.71. The van der Waals surface area contributed by atoms with E-state index in [1.807, 2.05) is 25.1 Å². The lowest BCUT2D eigenvalue weighted by Crippen LogP contribution is -2.20. The molecule has 1 atom stereocenters. The lowest BCUT2D eigenvalue weighted by atomic mass is 10.1. The lowest BCUT2D eigenvalue weighted by Gasteiger charge is -2.02. The Morgan fingerprint density at radius 2 is 1.78 bits per heavy atom. The van der Waals surface area contributed by atoms with Crippen molar-refractivity contribution >= 4 is 12.4 Å². The van der Waals surface area contributed by atoms with Crippen LogP contribution >= 0.6 is 0 Å². The Morgan fingerprint density at radius 1 is 1.39 bits per heavy atom. The van der Waals surface area contributed by atoms with Crippen LogP contribution in [0.5, 0.6) is 0 Å². The van der Waals surface area contributed by atoms with E-state index >= 15 is 0 Å².